The Kier molecular flexibility index (Phi) is 2.51. The maximum atomic E-state index is 6.22. The summed E-state index contributed by atoms with van der Waals surface area (Å²) in [6.45, 7) is 10.3. The zero-order valence-electron chi connectivity index (χ0n) is 11.1. The largest absolute Gasteiger partial charge is 0.340 e. The Balaban J connectivity index is 2.62. The molecule has 0 aliphatic carbocycles. The topological polar surface area (TPSA) is 67.6 Å². The molecule has 0 atom stereocenters. The van der Waals surface area contributed by atoms with Gasteiger partial charge in [0.2, 0.25) is 0 Å². The average molecular weight is 232 g/mol. The highest BCUT2D eigenvalue weighted by Gasteiger charge is 2.38. The molecule has 0 aliphatic rings. The molecule has 2 rings (SSSR count). The third-order valence-electron chi connectivity index (χ3n) is 3.80. The SMILES string of the molecule is Cc1ccnc2nc(C(C)(C)C(C)(C)N)[nH]c12. The Bertz CT molecular complexity index is 546. The third kappa shape index (κ3) is 1.82. The van der Waals surface area contributed by atoms with E-state index in [2.05, 4.69) is 28.8 Å². The second kappa shape index (κ2) is 3.53. The first kappa shape index (κ1) is 12.0. The zero-order valence-corrected chi connectivity index (χ0v) is 11.1. The van der Waals surface area contributed by atoms with Crippen LogP contribution >= 0.6 is 0 Å². The van der Waals surface area contributed by atoms with E-state index in [0.29, 0.717) is 0 Å². The second-order valence-corrected chi connectivity index (χ2v) is 5.76. The summed E-state index contributed by atoms with van der Waals surface area (Å²) in [5, 5.41) is 0. The number of nitrogens with one attached hydrogen (secondary N) is 1. The molecule has 4 heteroatoms. The summed E-state index contributed by atoms with van der Waals surface area (Å²) in [6.07, 6.45) is 1.78. The molecule has 0 bridgehead atoms. The van der Waals surface area contributed by atoms with Crippen molar-refractivity contribution in [2.24, 2.45) is 5.73 Å². The van der Waals surface area contributed by atoms with Crippen LogP contribution in [-0.2, 0) is 5.41 Å². The first-order valence-electron chi connectivity index (χ1n) is 5.84. The number of hydrogen-bond acceptors (Lipinski definition) is 3. The summed E-state index contributed by atoms with van der Waals surface area (Å²) < 4.78 is 0. The van der Waals surface area contributed by atoms with Gasteiger partial charge in [0.1, 0.15) is 5.82 Å². The molecular weight excluding hydrogens is 212 g/mol. The van der Waals surface area contributed by atoms with E-state index in [-0.39, 0.29) is 11.0 Å². The lowest BCUT2D eigenvalue weighted by Gasteiger charge is -2.36. The smallest absolute Gasteiger partial charge is 0.177 e. The number of rotatable bonds is 2. The molecule has 0 aliphatic heterocycles. The summed E-state index contributed by atoms with van der Waals surface area (Å²) in [4.78, 5) is 12.2. The lowest BCUT2D eigenvalue weighted by atomic mass is 9.74. The van der Waals surface area contributed by atoms with Crippen molar-refractivity contribution in [2.75, 3.05) is 0 Å². The van der Waals surface area contributed by atoms with Gasteiger partial charge in [0.15, 0.2) is 5.65 Å². The van der Waals surface area contributed by atoms with Crippen LogP contribution in [0.2, 0.25) is 0 Å². The number of fused-ring (bicyclic) bond motifs is 1. The first-order valence-corrected chi connectivity index (χ1v) is 5.84. The lowest BCUT2D eigenvalue weighted by molar-refractivity contribution is 0.293. The molecule has 2 heterocycles. The minimum atomic E-state index is -0.352. The molecule has 92 valence electrons. The third-order valence-corrected chi connectivity index (χ3v) is 3.80. The van der Waals surface area contributed by atoms with Crippen molar-refractivity contribution in [2.45, 2.75) is 45.6 Å². The summed E-state index contributed by atoms with van der Waals surface area (Å²) in [7, 11) is 0. The molecule has 0 amide bonds. The molecule has 0 fully saturated rings. The molecule has 0 aromatic carbocycles. The van der Waals surface area contributed by atoms with E-state index in [4.69, 9.17) is 5.73 Å². The molecule has 17 heavy (non-hydrogen) atoms. The quantitative estimate of drug-likeness (QED) is 0.834. The van der Waals surface area contributed by atoms with Crippen molar-refractivity contribution in [3.8, 4) is 0 Å². The van der Waals surface area contributed by atoms with E-state index in [9.17, 15) is 0 Å². The highest BCUT2D eigenvalue weighted by atomic mass is 15.0. The number of aromatic amines is 1. The Morgan fingerprint density at radius 3 is 2.41 bits per heavy atom. The highest BCUT2D eigenvalue weighted by molar-refractivity contribution is 5.74. The molecular formula is C13H20N4. The molecule has 0 unspecified atom stereocenters. The normalized spacial score (nSPS) is 13.3. The van der Waals surface area contributed by atoms with E-state index in [1.165, 1.54) is 0 Å². The number of H-pyrrole nitrogens is 1. The van der Waals surface area contributed by atoms with Gasteiger partial charge in [-0.05, 0) is 32.4 Å². The Labute approximate surface area is 102 Å². The van der Waals surface area contributed by atoms with Crippen LogP contribution in [0.15, 0.2) is 12.3 Å². The van der Waals surface area contributed by atoms with Crippen molar-refractivity contribution < 1.29 is 0 Å². The fraction of sp³-hybridized carbons (Fsp3) is 0.538. The van der Waals surface area contributed by atoms with Gasteiger partial charge in [-0.25, -0.2) is 9.97 Å². The zero-order chi connectivity index (χ0) is 12.8. The van der Waals surface area contributed by atoms with Crippen molar-refractivity contribution in [1.82, 2.24) is 15.0 Å². The molecule has 0 radical (unpaired) electrons. The molecule has 0 saturated carbocycles. The predicted octanol–water partition coefficient (Wildman–Crippen LogP) is 2.28. The van der Waals surface area contributed by atoms with Gasteiger partial charge in [0.05, 0.1) is 5.52 Å². The highest BCUT2D eigenvalue weighted by Crippen LogP contribution is 2.32. The van der Waals surface area contributed by atoms with Crippen LogP contribution in [0.3, 0.4) is 0 Å². The van der Waals surface area contributed by atoms with Gasteiger partial charge < -0.3 is 10.7 Å². The predicted molar refractivity (Wildman–Crippen MR) is 69.9 cm³/mol. The van der Waals surface area contributed by atoms with Crippen LogP contribution in [0, 0.1) is 6.92 Å². The number of aromatic nitrogens is 3. The van der Waals surface area contributed by atoms with Gasteiger partial charge in [0, 0.05) is 17.2 Å². The van der Waals surface area contributed by atoms with E-state index in [1.807, 2.05) is 26.8 Å². The summed E-state index contributed by atoms with van der Waals surface area (Å²) in [5.41, 5.74) is 8.55. The van der Waals surface area contributed by atoms with Crippen molar-refractivity contribution in [3.05, 3.63) is 23.7 Å². The van der Waals surface area contributed by atoms with E-state index >= 15 is 0 Å². The van der Waals surface area contributed by atoms with Gasteiger partial charge in [-0.2, -0.15) is 0 Å². The monoisotopic (exact) mass is 232 g/mol. The van der Waals surface area contributed by atoms with Crippen LogP contribution in [-0.4, -0.2) is 20.5 Å². The molecule has 2 aromatic heterocycles. The van der Waals surface area contributed by atoms with Crippen LogP contribution in [0.5, 0.6) is 0 Å². The molecule has 0 saturated heterocycles. The number of nitrogens with two attached hydrogens (primary N) is 1. The first-order chi connectivity index (χ1) is 7.73. The minimum absolute atomic E-state index is 0.236. The summed E-state index contributed by atoms with van der Waals surface area (Å²) in [6, 6.07) is 1.98. The van der Waals surface area contributed by atoms with E-state index in [0.717, 1.165) is 22.6 Å². The average Bonchev–Trinajstić information content (AvgIpc) is 2.61. The fourth-order valence-electron chi connectivity index (χ4n) is 1.64. The van der Waals surface area contributed by atoms with Crippen LogP contribution < -0.4 is 5.73 Å². The van der Waals surface area contributed by atoms with Crippen LogP contribution in [0.4, 0.5) is 0 Å². The lowest BCUT2D eigenvalue weighted by Crippen LogP contribution is -2.50. The van der Waals surface area contributed by atoms with Crippen LogP contribution in [0.1, 0.15) is 39.1 Å². The fourth-order valence-corrected chi connectivity index (χ4v) is 1.64. The van der Waals surface area contributed by atoms with Gasteiger partial charge >= 0.3 is 0 Å². The van der Waals surface area contributed by atoms with Crippen molar-refractivity contribution in [3.63, 3.8) is 0 Å². The Morgan fingerprint density at radius 2 is 1.88 bits per heavy atom. The maximum absolute atomic E-state index is 6.22. The van der Waals surface area contributed by atoms with Gasteiger partial charge in [-0.1, -0.05) is 13.8 Å². The van der Waals surface area contributed by atoms with Gasteiger partial charge in [-0.3, -0.25) is 0 Å². The number of pyridine rings is 1. The molecule has 0 spiro atoms. The number of aryl methyl sites for hydroxylation is 1. The Morgan fingerprint density at radius 1 is 1.24 bits per heavy atom. The molecule has 3 N–H and O–H groups in total. The van der Waals surface area contributed by atoms with Gasteiger partial charge in [-0.15, -0.1) is 0 Å². The number of imidazole rings is 1. The molecule has 2 aromatic rings. The summed E-state index contributed by atoms with van der Waals surface area (Å²) in [5.74, 6) is 0.891. The van der Waals surface area contributed by atoms with Crippen molar-refractivity contribution >= 4 is 11.2 Å². The minimum Gasteiger partial charge on any atom is -0.340 e. The number of nitrogens with zero attached hydrogens (tertiary/aromatic N) is 2. The number of hydrogen-bond donors (Lipinski definition) is 2. The molecule has 4 nitrogen and oxygen atoms in total. The van der Waals surface area contributed by atoms with E-state index < -0.39 is 0 Å². The van der Waals surface area contributed by atoms with Gasteiger partial charge in [0.25, 0.3) is 0 Å². The standard InChI is InChI=1S/C13H20N4/c1-8-6-7-15-10-9(8)16-11(17-10)12(2,3)13(4,5)14/h6-7H,14H2,1-5H3,(H,15,16,17). The van der Waals surface area contributed by atoms with E-state index in [1.54, 1.807) is 6.20 Å². The van der Waals surface area contributed by atoms with Crippen molar-refractivity contribution in [1.29, 1.82) is 0 Å². The summed E-state index contributed by atoms with van der Waals surface area (Å²) >= 11 is 0. The van der Waals surface area contributed by atoms with Crippen LogP contribution in [0.25, 0.3) is 11.2 Å². The second-order valence-electron chi connectivity index (χ2n) is 5.76. The maximum Gasteiger partial charge on any atom is 0.177 e. The Hall–Kier alpha value is -1.42.